The lowest BCUT2D eigenvalue weighted by atomic mass is 10.2. The third-order valence-electron chi connectivity index (χ3n) is 2.91. The zero-order valence-electron chi connectivity index (χ0n) is 9.93. The van der Waals surface area contributed by atoms with Gasteiger partial charge < -0.3 is 5.11 Å². The molecule has 0 amide bonds. The molecule has 2 rings (SSSR count). The van der Waals surface area contributed by atoms with Gasteiger partial charge in [0.25, 0.3) is 0 Å². The maximum atomic E-state index is 11.1. The number of rotatable bonds is 2. The molecule has 5 heteroatoms. The van der Waals surface area contributed by atoms with Crippen molar-refractivity contribution in [2.75, 3.05) is 0 Å². The Morgan fingerprint density at radius 2 is 2.06 bits per heavy atom. The molecular weight excluding hydrogens is 218 g/mol. The fourth-order valence-corrected chi connectivity index (χ4v) is 1.69. The molecule has 0 bridgehead atoms. The maximum absolute atomic E-state index is 11.1. The van der Waals surface area contributed by atoms with Gasteiger partial charge in [-0.15, -0.1) is 0 Å². The molecule has 17 heavy (non-hydrogen) atoms. The minimum absolute atomic E-state index is 0.200. The molecule has 0 saturated carbocycles. The van der Waals surface area contributed by atoms with Gasteiger partial charge in [-0.3, -0.25) is 4.98 Å². The summed E-state index contributed by atoms with van der Waals surface area (Å²) in [4.78, 5) is 15.1. The molecule has 0 radical (unpaired) electrons. The van der Waals surface area contributed by atoms with Crippen molar-refractivity contribution in [2.45, 2.75) is 20.8 Å². The summed E-state index contributed by atoms with van der Waals surface area (Å²) in [6.45, 7) is 5.77. The zero-order valence-corrected chi connectivity index (χ0v) is 9.93. The largest absolute Gasteiger partial charge is 0.478 e. The van der Waals surface area contributed by atoms with Crippen LogP contribution in [0.25, 0.3) is 5.69 Å². The summed E-state index contributed by atoms with van der Waals surface area (Å²) in [5, 5.41) is 13.5. The standard InChI is InChI=1S/C12H13N3O2/c1-7-8(2)14-15(9(7)3)11-6-13-5-4-10(11)12(16)17/h4-6H,1-3H3,(H,16,17). The molecule has 88 valence electrons. The lowest BCUT2D eigenvalue weighted by Crippen LogP contribution is -2.08. The fourth-order valence-electron chi connectivity index (χ4n) is 1.69. The number of carboxylic acids is 1. The van der Waals surface area contributed by atoms with E-state index >= 15 is 0 Å². The second-order valence-corrected chi connectivity index (χ2v) is 3.91. The van der Waals surface area contributed by atoms with E-state index in [2.05, 4.69) is 10.1 Å². The van der Waals surface area contributed by atoms with Gasteiger partial charge in [-0.1, -0.05) is 0 Å². The van der Waals surface area contributed by atoms with Crippen molar-refractivity contribution in [2.24, 2.45) is 0 Å². The minimum Gasteiger partial charge on any atom is -0.478 e. The van der Waals surface area contributed by atoms with Crippen molar-refractivity contribution in [3.05, 3.63) is 41.0 Å². The Labute approximate surface area is 98.7 Å². The van der Waals surface area contributed by atoms with Crippen LogP contribution in [0, 0.1) is 20.8 Å². The van der Waals surface area contributed by atoms with Crippen LogP contribution < -0.4 is 0 Å². The number of aromatic carboxylic acids is 1. The SMILES string of the molecule is Cc1nn(-c2cnccc2C(=O)O)c(C)c1C. The van der Waals surface area contributed by atoms with Crippen molar-refractivity contribution >= 4 is 5.97 Å². The summed E-state index contributed by atoms with van der Waals surface area (Å²) >= 11 is 0. The van der Waals surface area contributed by atoms with Crippen molar-refractivity contribution in [1.29, 1.82) is 0 Å². The quantitative estimate of drug-likeness (QED) is 0.857. The molecule has 0 fully saturated rings. The van der Waals surface area contributed by atoms with Crippen LogP contribution in [0.4, 0.5) is 0 Å². The molecule has 0 aliphatic carbocycles. The number of aromatic nitrogens is 3. The summed E-state index contributed by atoms with van der Waals surface area (Å²) in [7, 11) is 0. The Kier molecular flexibility index (Phi) is 2.67. The van der Waals surface area contributed by atoms with Gasteiger partial charge in [-0.25, -0.2) is 9.48 Å². The van der Waals surface area contributed by atoms with Gasteiger partial charge in [0, 0.05) is 11.9 Å². The number of hydrogen-bond acceptors (Lipinski definition) is 3. The lowest BCUT2D eigenvalue weighted by molar-refractivity contribution is 0.0696. The van der Waals surface area contributed by atoms with Crippen LogP contribution in [0.2, 0.25) is 0 Å². The van der Waals surface area contributed by atoms with Gasteiger partial charge in [0.1, 0.15) is 0 Å². The zero-order chi connectivity index (χ0) is 12.6. The predicted octanol–water partition coefficient (Wildman–Crippen LogP) is 1.89. The summed E-state index contributed by atoms with van der Waals surface area (Å²) in [6, 6.07) is 1.48. The number of carboxylic acid groups (broad SMARTS) is 1. The first-order valence-electron chi connectivity index (χ1n) is 5.23. The number of pyridine rings is 1. The molecule has 1 N–H and O–H groups in total. The van der Waals surface area contributed by atoms with Crippen LogP contribution in [0.5, 0.6) is 0 Å². The van der Waals surface area contributed by atoms with E-state index in [0.29, 0.717) is 5.69 Å². The number of nitrogens with zero attached hydrogens (tertiary/aromatic N) is 3. The van der Waals surface area contributed by atoms with Crippen molar-refractivity contribution in [1.82, 2.24) is 14.8 Å². The first kappa shape index (κ1) is 11.3. The Morgan fingerprint density at radius 1 is 1.35 bits per heavy atom. The highest BCUT2D eigenvalue weighted by atomic mass is 16.4. The van der Waals surface area contributed by atoms with Gasteiger partial charge >= 0.3 is 5.97 Å². The molecule has 0 spiro atoms. The van der Waals surface area contributed by atoms with E-state index in [9.17, 15) is 4.79 Å². The second kappa shape index (κ2) is 4.01. The van der Waals surface area contributed by atoms with Gasteiger partial charge in [-0.2, -0.15) is 5.10 Å². The van der Waals surface area contributed by atoms with Crippen LogP contribution in [0.15, 0.2) is 18.5 Å². The molecule has 5 nitrogen and oxygen atoms in total. The molecule has 0 unspecified atom stereocenters. The van der Waals surface area contributed by atoms with E-state index in [1.807, 2.05) is 20.8 Å². The third kappa shape index (κ3) is 1.80. The van der Waals surface area contributed by atoms with Crippen LogP contribution in [0.1, 0.15) is 27.3 Å². The fraction of sp³-hybridized carbons (Fsp3) is 0.250. The highest BCUT2D eigenvalue weighted by Gasteiger charge is 2.15. The minimum atomic E-state index is -0.979. The van der Waals surface area contributed by atoms with Crippen LogP contribution >= 0.6 is 0 Å². The predicted molar refractivity (Wildman–Crippen MR) is 62.5 cm³/mol. The molecule has 2 heterocycles. The van der Waals surface area contributed by atoms with E-state index in [0.717, 1.165) is 17.0 Å². The van der Waals surface area contributed by atoms with Gasteiger partial charge in [-0.05, 0) is 32.4 Å². The average molecular weight is 231 g/mol. The van der Waals surface area contributed by atoms with E-state index in [1.54, 1.807) is 4.68 Å². The lowest BCUT2D eigenvalue weighted by Gasteiger charge is -2.07. The average Bonchev–Trinajstić information content (AvgIpc) is 2.57. The number of carbonyl (C=O) groups is 1. The highest BCUT2D eigenvalue weighted by molar-refractivity contribution is 5.91. The van der Waals surface area contributed by atoms with Crippen molar-refractivity contribution < 1.29 is 9.90 Å². The van der Waals surface area contributed by atoms with Crippen LogP contribution in [-0.2, 0) is 0 Å². The third-order valence-corrected chi connectivity index (χ3v) is 2.91. The highest BCUT2D eigenvalue weighted by Crippen LogP contribution is 2.19. The summed E-state index contributed by atoms with van der Waals surface area (Å²) in [5.74, 6) is -0.979. The molecule has 0 atom stereocenters. The maximum Gasteiger partial charge on any atom is 0.338 e. The first-order chi connectivity index (χ1) is 8.02. The number of hydrogen-bond donors (Lipinski definition) is 1. The second-order valence-electron chi connectivity index (χ2n) is 3.91. The molecule has 0 aliphatic rings. The Morgan fingerprint density at radius 3 is 2.59 bits per heavy atom. The van der Waals surface area contributed by atoms with E-state index < -0.39 is 5.97 Å². The Bertz CT molecular complexity index is 587. The van der Waals surface area contributed by atoms with Gasteiger partial charge in [0.2, 0.25) is 0 Å². The molecular formula is C12H13N3O2. The van der Waals surface area contributed by atoms with Crippen LogP contribution in [-0.4, -0.2) is 25.8 Å². The normalized spacial score (nSPS) is 10.5. The Hall–Kier alpha value is -2.17. The number of aryl methyl sites for hydroxylation is 1. The van der Waals surface area contributed by atoms with Gasteiger partial charge in [0.05, 0.1) is 23.1 Å². The molecule has 0 aromatic carbocycles. The smallest absolute Gasteiger partial charge is 0.338 e. The van der Waals surface area contributed by atoms with E-state index in [4.69, 9.17) is 5.11 Å². The van der Waals surface area contributed by atoms with E-state index in [-0.39, 0.29) is 5.56 Å². The van der Waals surface area contributed by atoms with Gasteiger partial charge in [0.15, 0.2) is 0 Å². The molecule has 2 aromatic rings. The van der Waals surface area contributed by atoms with Crippen molar-refractivity contribution in [3.8, 4) is 5.69 Å². The van der Waals surface area contributed by atoms with Crippen LogP contribution in [0.3, 0.4) is 0 Å². The molecule has 0 saturated heterocycles. The molecule has 0 aliphatic heterocycles. The topological polar surface area (TPSA) is 68.0 Å². The van der Waals surface area contributed by atoms with Crippen molar-refractivity contribution in [3.63, 3.8) is 0 Å². The Balaban J connectivity index is 2.68. The summed E-state index contributed by atoms with van der Waals surface area (Å²) < 4.78 is 1.63. The molecule has 2 aromatic heterocycles. The monoisotopic (exact) mass is 231 g/mol. The first-order valence-corrected chi connectivity index (χ1v) is 5.23. The van der Waals surface area contributed by atoms with E-state index in [1.165, 1.54) is 18.5 Å². The summed E-state index contributed by atoms with van der Waals surface area (Å²) in [5.41, 5.74) is 3.57. The summed E-state index contributed by atoms with van der Waals surface area (Å²) in [6.07, 6.45) is 2.98.